The molecule has 0 radical (unpaired) electrons. The molecule has 0 atom stereocenters. The van der Waals surface area contributed by atoms with E-state index in [0.29, 0.717) is 0 Å². The van der Waals surface area contributed by atoms with Crippen LogP contribution in [0.4, 0.5) is 0 Å². The fraction of sp³-hybridized carbons (Fsp3) is 0.613. The fourth-order valence-electron chi connectivity index (χ4n) is 4.80. The second-order valence-corrected chi connectivity index (χ2v) is 14.1. The minimum Gasteiger partial charge on any atom is -0.0617 e. The van der Waals surface area contributed by atoms with E-state index in [1.54, 1.807) is 0 Å². The van der Waals surface area contributed by atoms with Crippen LogP contribution < -0.4 is 0 Å². The average Bonchev–Trinajstić information content (AvgIpc) is 2.57. The predicted octanol–water partition coefficient (Wildman–Crippen LogP) is 9.20. The Balaban J connectivity index is 3.03. The zero-order valence-corrected chi connectivity index (χ0v) is 23.0. The maximum Gasteiger partial charge on any atom is 0.0152 e. The summed E-state index contributed by atoms with van der Waals surface area (Å²) in [5, 5.41) is 0. The summed E-state index contributed by atoms with van der Waals surface area (Å²) in [6.07, 6.45) is 0. The van der Waals surface area contributed by atoms with E-state index in [-0.39, 0.29) is 27.1 Å². The molecule has 0 aliphatic rings. The lowest BCUT2D eigenvalue weighted by molar-refractivity contribution is 0.488. The normalized spacial score (nSPS) is 14.1. The van der Waals surface area contributed by atoms with Crippen LogP contribution in [0.2, 0.25) is 0 Å². The first kappa shape index (κ1) is 25.7. The summed E-state index contributed by atoms with van der Waals surface area (Å²) in [6, 6.07) is 14.1. The van der Waals surface area contributed by atoms with Gasteiger partial charge in [-0.3, -0.25) is 0 Å². The Morgan fingerprint density at radius 1 is 0.419 bits per heavy atom. The van der Waals surface area contributed by atoms with Crippen LogP contribution in [-0.2, 0) is 27.1 Å². The lowest BCUT2D eigenvalue weighted by Crippen LogP contribution is -2.34. The van der Waals surface area contributed by atoms with Gasteiger partial charge in [0.15, 0.2) is 0 Å². The van der Waals surface area contributed by atoms with Crippen molar-refractivity contribution in [3.05, 3.63) is 69.8 Å². The molecule has 0 fully saturated rings. The highest BCUT2D eigenvalue weighted by Gasteiger charge is 2.38. The van der Waals surface area contributed by atoms with Crippen molar-refractivity contribution in [3.8, 4) is 0 Å². The Hall–Kier alpha value is -1.56. The maximum absolute atomic E-state index is 2.45. The molecular formula is C31H48. The molecule has 0 nitrogen and oxygen atoms in total. The summed E-state index contributed by atoms with van der Waals surface area (Å²) >= 11 is 0. The smallest absolute Gasteiger partial charge is 0.0152 e. The Morgan fingerprint density at radius 2 is 0.839 bits per heavy atom. The van der Waals surface area contributed by atoms with Crippen molar-refractivity contribution in [2.24, 2.45) is 0 Å². The molecule has 2 rings (SSSR count). The summed E-state index contributed by atoms with van der Waals surface area (Å²) in [6.45, 7) is 33.1. The molecule has 0 unspecified atom stereocenters. The summed E-state index contributed by atoms with van der Waals surface area (Å²) in [5.41, 5.74) is 9.05. The first-order valence-electron chi connectivity index (χ1n) is 12.0. The minimum atomic E-state index is -0.103. The maximum atomic E-state index is 2.45. The largest absolute Gasteiger partial charge is 0.0617 e. The van der Waals surface area contributed by atoms with E-state index in [1.165, 1.54) is 33.4 Å². The highest BCUT2D eigenvalue weighted by atomic mass is 14.4. The van der Waals surface area contributed by atoms with Crippen molar-refractivity contribution < 1.29 is 0 Å². The molecule has 2 aromatic rings. The number of hydrogen-bond donors (Lipinski definition) is 0. The third-order valence-corrected chi connectivity index (χ3v) is 6.65. The lowest BCUT2D eigenvalue weighted by atomic mass is 9.62. The van der Waals surface area contributed by atoms with E-state index in [4.69, 9.17) is 0 Å². The molecule has 0 spiro atoms. The number of hydrogen-bond acceptors (Lipinski definition) is 0. The van der Waals surface area contributed by atoms with Crippen LogP contribution >= 0.6 is 0 Å². The summed E-state index contributed by atoms with van der Waals surface area (Å²) < 4.78 is 0. The summed E-state index contributed by atoms with van der Waals surface area (Å²) in [4.78, 5) is 0. The van der Waals surface area contributed by atoms with Crippen LogP contribution in [0.25, 0.3) is 0 Å². The van der Waals surface area contributed by atoms with Crippen molar-refractivity contribution in [1.29, 1.82) is 0 Å². The number of benzene rings is 2. The molecule has 172 valence electrons. The van der Waals surface area contributed by atoms with Gasteiger partial charge in [-0.15, -0.1) is 0 Å². The first-order chi connectivity index (χ1) is 13.7. The van der Waals surface area contributed by atoms with Gasteiger partial charge >= 0.3 is 0 Å². The van der Waals surface area contributed by atoms with Crippen LogP contribution in [0, 0.1) is 0 Å². The standard InChI is InChI=1S/C31H48/c1-27(2,3)21-16-15-17-22(20-21)31(13,14)26-24(29(7,8)9)19-18-23(28(4,5)6)25(26)30(10,11)12/h15-20H,1-14H3. The molecule has 0 aliphatic heterocycles. The minimum absolute atomic E-state index is 0.0537. The SMILES string of the molecule is CC(C)(C)c1cccc(C(C)(C)c2c(C(C)(C)C)ccc(C(C)(C)C)c2C(C)(C)C)c1. The van der Waals surface area contributed by atoms with Gasteiger partial charge in [-0.1, -0.05) is 133 Å². The van der Waals surface area contributed by atoms with Gasteiger partial charge in [-0.25, -0.2) is 0 Å². The summed E-state index contributed by atoms with van der Waals surface area (Å²) in [5.74, 6) is 0. The molecule has 31 heavy (non-hydrogen) atoms. The first-order valence-corrected chi connectivity index (χ1v) is 12.0. The average molecular weight is 421 g/mol. The molecule has 0 saturated carbocycles. The molecule has 0 heteroatoms. The van der Waals surface area contributed by atoms with E-state index in [9.17, 15) is 0 Å². The van der Waals surface area contributed by atoms with E-state index in [2.05, 4.69) is 133 Å². The van der Waals surface area contributed by atoms with Gasteiger partial charge < -0.3 is 0 Å². The van der Waals surface area contributed by atoms with Crippen molar-refractivity contribution in [2.45, 2.75) is 124 Å². The Morgan fingerprint density at radius 3 is 1.23 bits per heavy atom. The van der Waals surface area contributed by atoms with Crippen LogP contribution in [-0.4, -0.2) is 0 Å². The van der Waals surface area contributed by atoms with Crippen LogP contribution in [0.15, 0.2) is 36.4 Å². The van der Waals surface area contributed by atoms with Gasteiger partial charge in [-0.2, -0.15) is 0 Å². The highest BCUT2D eigenvalue weighted by Crippen LogP contribution is 2.47. The predicted molar refractivity (Wildman–Crippen MR) is 140 cm³/mol. The molecule has 0 aliphatic carbocycles. The molecule has 0 N–H and O–H groups in total. The summed E-state index contributed by atoms with van der Waals surface area (Å²) in [7, 11) is 0. The Labute approximate surface area is 193 Å². The zero-order chi connectivity index (χ0) is 24.2. The second kappa shape index (κ2) is 7.79. The molecule has 0 bridgehead atoms. The van der Waals surface area contributed by atoms with E-state index in [0.717, 1.165) is 0 Å². The molecular weight excluding hydrogens is 372 g/mol. The molecule has 0 amide bonds. The van der Waals surface area contributed by atoms with Gasteiger partial charge in [0.05, 0.1) is 0 Å². The molecule has 0 heterocycles. The molecule has 0 saturated heterocycles. The van der Waals surface area contributed by atoms with E-state index in [1.807, 2.05) is 0 Å². The van der Waals surface area contributed by atoms with E-state index < -0.39 is 0 Å². The van der Waals surface area contributed by atoms with Gasteiger partial charge in [0.2, 0.25) is 0 Å². The molecule has 2 aromatic carbocycles. The van der Waals surface area contributed by atoms with Crippen molar-refractivity contribution >= 4 is 0 Å². The fourth-order valence-corrected chi connectivity index (χ4v) is 4.80. The van der Waals surface area contributed by atoms with Gasteiger partial charge in [0.1, 0.15) is 0 Å². The van der Waals surface area contributed by atoms with E-state index >= 15 is 0 Å². The van der Waals surface area contributed by atoms with Gasteiger partial charge in [-0.05, 0) is 55.0 Å². The quantitative estimate of drug-likeness (QED) is 0.454. The third kappa shape index (κ3) is 5.27. The second-order valence-electron chi connectivity index (χ2n) is 14.1. The molecule has 0 aromatic heterocycles. The Bertz CT molecular complexity index is 926. The van der Waals surface area contributed by atoms with Crippen molar-refractivity contribution in [2.75, 3.05) is 0 Å². The van der Waals surface area contributed by atoms with Gasteiger partial charge in [0.25, 0.3) is 0 Å². The zero-order valence-electron chi connectivity index (χ0n) is 23.0. The lowest BCUT2D eigenvalue weighted by Gasteiger charge is -2.42. The van der Waals surface area contributed by atoms with Crippen LogP contribution in [0.3, 0.4) is 0 Å². The topological polar surface area (TPSA) is 0 Å². The van der Waals surface area contributed by atoms with Gasteiger partial charge in [0, 0.05) is 5.41 Å². The highest BCUT2D eigenvalue weighted by molar-refractivity contribution is 5.56. The van der Waals surface area contributed by atoms with Crippen molar-refractivity contribution in [1.82, 2.24) is 0 Å². The van der Waals surface area contributed by atoms with Crippen LogP contribution in [0.1, 0.15) is 130 Å². The monoisotopic (exact) mass is 420 g/mol. The number of rotatable bonds is 2. The third-order valence-electron chi connectivity index (χ3n) is 6.65. The Kier molecular flexibility index (Phi) is 6.46. The van der Waals surface area contributed by atoms with Crippen LogP contribution in [0.5, 0.6) is 0 Å². The van der Waals surface area contributed by atoms with Crippen molar-refractivity contribution in [3.63, 3.8) is 0 Å².